The lowest BCUT2D eigenvalue weighted by Gasteiger charge is -2.13. The predicted molar refractivity (Wildman–Crippen MR) is 109 cm³/mol. The van der Waals surface area contributed by atoms with Crippen LogP contribution in [0.2, 0.25) is 0 Å². The summed E-state index contributed by atoms with van der Waals surface area (Å²) >= 11 is 3.53. The first-order valence-corrected chi connectivity index (χ1v) is 9.99. The molecule has 0 fully saturated rings. The Labute approximate surface area is 172 Å². The van der Waals surface area contributed by atoms with Gasteiger partial charge < -0.3 is 24.7 Å². The summed E-state index contributed by atoms with van der Waals surface area (Å²) in [7, 11) is 0. The summed E-state index contributed by atoms with van der Waals surface area (Å²) in [5, 5.41) is 0. The first-order chi connectivity index (χ1) is 13.5. The highest BCUT2D eigenvalue weighted by Gasteiger charge is 2.22. The Morgan fingerprint density at radius 1 is 0.857 bits per heavy atom. The first kappa shape index (κ1) is 28.7. The van der Waals surface area contributed by atoms with Crippen LogP contribution in [0.15, 0.2) is 12.2 Å². The molecule has 3 amide bonds. The zero-order valence-electron chi connectivity index (χ0n) is 17.1. The maximum Gasteiger partial charge on any atom is 0.253 e. The molecule has 0 bridgehead atoms. The van der Waals surface area contributed by atoms with Gasteiger partial charge in [0.25, 0.3) is 11.8 Å². The summed E-state index contributed by atoms with van der Waals surface area (Å²) in [5.41, 5.74) is 4.90. The van der Waals surface area contributed by atoms with E-state index in [4.69, 9.17) is 24.7 Å². The van der Waals surface area contributed by atoms with E-state index >= 15 is 0 Å². The molecular weight excluding hydrogens is 388 g/mol. The Balaban J connectivity index is 0. The van der Waals surface area contributed by atoms with Crippen molar-refractivity contribution in [2.45, 2.75) is 20.3 Å². The zero-order chi connectivity index (χ0) is 21.6. The third-order valence-corrected chi connectivity index (χ3v) is 2.72. The van der Waals surface area contributed by atoms with E-state index in [0.717, 1.165) is 4.90 Å². The number of thiol groups is 1. The molecule has 0 radical (unpaired) electrons. The van der Waals surface area contributed by atoms with E-state index in [0.29, 0.717) is 39.6 Å². The Bertz CT molecular complexity index is 430. The minimum Gasteiger partial charge on any atom is -0.377 e. The number of ether oxygens (including phenoxy) is 4. The van der Waals surface area contributed by atoms with Crippen molar-refractivity contribution in [1.29, 1.82) is 0 Å². The van der Waals surface area contributed by atoms with Gasteiger partial charge in [0.1, 0.15) is 6.61 Å². The van der Waals surface area contributed by atoms with Crippen molar-refractivity contribution in [3.63, 3.8) is 0 Å². The molecule has 9 nitrogen and oxygen atoms in total. The molecule has 164 valence electrons. The van der Waals surface area contributed by atoms with E-state index in [1.165, 1.54) is 18.6 Å². The van der Waals surface area contributed by atoms with Crippen molar-refractivity contribution in [3.05, 3.63) is 12.2 Å². The van der Waals surface area contributed by atoms with Crippen LogP contribution in [0.25, 0.3) is 0 Å². The lowest BCUT2D eigenvalue weighted by molar-refractivity contribution is -0.137. The molecule has 0 saturated heterocycles. The first-order valence-electron chi connectivity index (χ1n) is 9.10. The molecular formula is C18H34N2O7S. The summed E-state index contributed by atoms with van der Waals surface area (Å²) in [5.74, 6) is -1.14. The minimum absolute atomic E-state index is 0.109. The molecule has 0 aliphatic carbocycles. The summed E-state index contributed by atoms with van der Waals surface area (Å²) in [6, 6.07) is 0. The number of rotatable bonds is 14. The monoisotopic (exact) mass is 422 g/mol. The summed E-state index contributed by atoms with van der Waals surface area (Å²) in [4.78, 5) is 34.0. The highest BCUT2D eigenvalue weighted by Crippen LogP contribution is 2.02. The Morgan fingerprint density at radius 2 is 1.21 bits per heavy atom. The molecule has 2 N–H and O–H groups in total. The lowest BCUT2D eigenvalue weighted by Crippen LogP contribution is -2.33. The van der Waals surface area contributed by atoms with Crippen LogP contribution in [0.3, 0.4) is 0 Å². The topological polar surface area (TPSA) is 117 Å². The van der Waals surface area contributed by atoms with Crippen molar-refractivity contribution in [1.82, 2.24) is 4.90 Å². The largest absolute Gasteiger partial charge is 0.377 e. The molecule has 0 spiro atoms. The van der Waals surface area contributed by atoms with Crippen LogP contribution in [-0.4, -0.2) is 88.3 Å². The van der Waals surface area contributed by atoms with Gasteiger partial charge >= 0.3 is 0 Å². The number of nitrogens with two attached hydrogens (primary N) is 1. The van der Waals surface area contributed by atoms with Crippen LogP contribution < -0.4 is 5.73 Å². The van der Waals surface area contributed by atoms with Gasteiger partial charge in [-0.1, -0.05) is 20.3 Å². The number of hydrogen-bond donors (Lipinski definition) is 2. The number of amides is 3. The number of imide groups is 1. The van der Waals surface area contributed by atoms with Gasteiger partial charge in [-0.05, 0) is 6.26 Å². The van der Waals surface area contributed by atoms with Gasteiger partial charge in [0, 0.05) is 12.2 Å². The van der Waals surface area contributed by atoms with Gasteiger partial charge in [0.15, 0.2) is 0 Å². The van der Waals surface area contributed by atoms with Gasteiger partial charge in [-0.25, -0.2) is 0 Å². The number of carbonyl (C=O) groups excluding carboxylic acids is 3. The van der Waals surface area contributed by atoms with Gasteiger partial charge in [0.2, 0.25) is 5.91 Å². The fraction of sp³-hybridized carbons (Fsp3) is 0.722. The average Bonchev–Trinajstić information content (AvgIpc) is 2.99. The number of carbonyl (C=O) groups is 3. The van der Waals surface area contributed by atoms with E-state index in [1.807, 2.05) is 0 Å². The predicted octanol–water partition coefficient (Wildman–Crippen LogP) is 0.425. The highest BCUT2D eigenvalue weighted by atomic mass is 32.1. The van der Waals surface area contributed by atoms with Crippen LogP contribution in [0, 0.1) is 0 Å². The molecule has 1 aliphatic rings. The van der Waals surface area contributed by atoms with E-state index < -0.39 is 5.91 Å². The maximum absolute atomic E-state index is 11.2. The molecule has 0 aromatic rings. The van der Waals surface area contributed by atoms with E-state index in [1.54, 1.807) is 6.26 Å². The van der Waals surface area contributed by atoms with Gasteiger partial charge in [-0.2, -0.15) is 12.6 Å². The maximum atomic E-state index is 11.2. The van der Waals surface area contributed by atoms with Crippen molar-refractivity contribution in [2.75, 3.05) is 65.7 Å². The lowest BCUT2D eigenvalue weighted by atomic mass is 10.5. The van der Waals surface area contributed by atoms with Crippen molar-refractivity contribution in [3.8, 4) is 0 Å². The van der Waals surface area contributed by atoms with Crippen molar-refractivity contribution >= 4 is 30.4 Å². The summed E-state index contributed by atoms with van der Waals surface area (Å²) in [6.45, 7) is 6.88. The molecule has 10 heteroatoms. The van der Waals surface area contributed by atoms with E-state index in [9.17, 15) is 14.4 Å². The fourth-order valence-corrected chi connectivity index (χ4v) is 1.64. The second kappa shape index (κ2) is 21.8. The van der Waals surface area contributed by atoms with Crippen LogP contribution in [0.4, 0.5) is 0 Å². The molecule has 1 aliphatic heterocycles. The van der Waals surface area contributed by atoms with Crippen molar-refractivity contribution in [2.24, 2.45) is 5.73 Å². The zero-order valence-corrected chi connectivity index (χ0v) is 17.9. The summed E-state index contributed by atoms with van der Waals surface area (Å²) in [6.07, 6.45) is 5.43. The third-order valence-electron chi connectivity index (χ3n) is 2.72. The molecule has 0 aromatic heterocycles. The highest BCUT2D eigenvalue weighted by molar-refractivity contribution is 7.79. The Kier molecular flexibility index (Phi) is 22.4. The van der Waals surface area contributed by atoms with Crippen molar-refractivity contribution < 1.29 is 33.3 Å². The molecule has 0 atom stereocenters. The molecule has 0 unspecified atom stereocenters. The number of primary amides is 1. The number of nitrogens with zero attached hydrogens (tertiary/aromatic N) is 1. The Hall–Kier alpha value is -1.46. The van der Waals surface area contributed by atoms with Crippen LogP contribution in [-0.2, 0) is 33.3 Å². The third kappa shape index (κ3) is 17.9. The van der Waals surface area contributed by atoms with Gasteiger partial charge in [0.05, 0.1) is 52.8 Å². The molecule has 1 rings (SSSR count). The smallest absolute Gasteiger partial charge is 0.253 e. The summed E-state index contributed by atoms with van der Waals surface area (Å²) < 4.78 is 20.6. The normalized spacial score (nSPS) is 12.4. The van der Waals surface area contributed by atoms with E-state index in [-0.39, 0.29) is 31.6 Å². The molecule has 1 heterocycles. The van der Waals surface area contributed by atoms with E-state index in [2.05, 4.69) is 26.5 Å². The number of hydrogen-bond acceptors (Lipinski definition) is 8. The average molecular weight is 423 g/mol. The fourth-order valence-electron chi connectivity index (χ4n) is 1.64. The molecule has 28 heavy (non-hydrogen) atoms. The Morgan fingerprint density at radius 3 is 1.61 bits per heavy atom. The standard InChI is InChI=1S/C14H22N2O7.C3H8.CH4S/c15-12(17)11-23-10-9-22-8-7-21-6-5-20-4-3-16-13(18)1-2-14(16)19;1-3-2;1-2/h1-2H,3-11H2,(H2,15,17);3H2,1-2H3;2H,1H3. The second-order valence-corrected chi connectivity index (χ2v) is 5.22. The molecule has 0 saturated carbocycles. The van der Waals surface area contributed by atoms with Gasteiger partial charge in [-0.3, -0.25) is 19.3 Å². The van der Waals surface area contributed by atoms with Crippen LogP contribution in [0.1, 0.15) is 20.3 Å². The second-order valence-electron chi connectivity index (χ2n) is 5.22. The van der Waals surface area contributed by atoms with Crippen LogP contribution >= 0.6 is 12.6 Å². The SMILES string of the molecule is CCC.CS.NC(=O)COCCOCCOCCOCCN1C(=O)C=CC1=O. The van der Waals surface area contributed by atoms with Crippen LogP contribution in [0.5, 0.6) is 0 Å². The van der Waals surface area contributed by atoms with Gasteiger partial charge in [-0.15, -0.1) is 0 Å². The minimum atomic E-state index is -0.511. The quantitative estimate of drug-likeness (QED) is 0.237. The molecule has 0 aromatic carbocycles.